The van der Waals surface area contributed by atoms with E-state index in [0.29, 0.717) is 23.2 Å². The van der Waals surface area contributed by atoms with Gasteiger partial charge in [0, 0.05) is 4.88 Å². The van der Waals surface area contributed by atoms with E-state index < -0.39 is 6.04 Å². The largest absolute Gasteiger partial charge is 0.494 e. The molecule has 0 spiro atoms. The first-order valence-electron chi connectivity index (χ1n) is 11.3. The van der Waals surface area contributed by atoms with E-state index in [1.807, 2.05) is 45.0 Å². The summed E-state index contributed by atoms with van der Waals surface area (Å²) in [6.07, 6.45) is 2.43. The first kappa shape index (κ1) is 21.2. The molecule has 0 saturated heterocycles. The maximum atomic E-state index is 13.8. The average molecular weight is 453 g/mol. The summed E-state index contributed by atoms with van der Waals surface area (Å²) in [5.41, 5.74) is 2.24. The Morgan fingerprint density at radius 3 is 2.59 bits per heavy atom. The summed E-state index contributed by atoms with van der Waals surface area (Å²) in [7, 11) is 0. The van der Waals surface area contributed by atoms with Crippen LogP contribution < -0.4 is 9.64 Å². The highest BCUT2D eigenvalue weighted by Crippen LogP contribution is 2.49. The number of Topliss-reactive ketones (excluding diaryl/α,β-unsaturated/α-hetero) is 1. The quantitative estimate of drug-likeness (QED) is 0.660. The molecule has 32 heavy (non-hydrogen) atoms. The number of aromatic nitrogens is 1. The van der Waals surface area contributed by atoms with Crippen molar-refractivity contribution in [2.45, 2.75) is 59.1 Å². The van der Waals surface area contributed by atoms with Gasteiger partial charge in [-0.15, -0.1) is 11.3 Å². The van der Waals surface area contributed by atoms with E-state index in [1.54, 1.807) is 4.90 Å². The van der Waals surface area contributed by atoms with Crippen molar-refractivity contribution in [3.05, 3.63) is 51.7 Å². The standard InChI is InChI=1S/C25H28N2O4S/c1-5-30-17-9-7-16(8-10-17)21-20-22(28)18-12-13(2)6-11-19(18)31-23(20)24(29)27(21)25-26-14(3)15(4)32-25/h7-10,13,18-19,21H,5-6,11-12H2,1-4H3. The van der Waals surface area contributed by atoms with E-state index in [0.717, 1.165) is 41.1 Å². The van der Waals surface area contributed by atoms with Gasteiger partial charge in [-0.1, -0.05) is 19.1 Å². The SMILES string of the molecule is CCOc1ccc(C2C3=C(OC4CCC(C)CC4C3=O)C(=O)N2c2nc(C)c(C)s2)cc1. The van der Waals surface area contributed by atoms with Crippen LogP contribution in [0.25, 0.3) is 0 Å². The second kappa shape index (κ2) is 8.03. The lowest BCUT2D eigenvalue weighted by Gasteiger charge is -2.37. The molecule has 5 rings (SSSR count). The fourth-order valence-electron chi connectivity index (χ4n) is 5.06. The third kappa shape index (κ3) is 3.34. The number of thiazole rings is 1. The van der Waals surface area contributed by atoms with Crippen molar-refractivity contribution in [1.82, 2.24) is 4.98 Å². The lowest BCUT2D eigenvalue weighted by Crippen LogP contribution is -2.41. The fourth-order valence-corrected chi connectivity index (χ4v) is 6.00. The van der Waals surface area contributed by atoms with Crippen LogP contribution in [-0.4, -0.2) is 29.4 Å². The lowest BCUT2D eigenvalue weighted by atomic mass is 9.74. The molecule has 2 aromatic rings. The molecule has 0 radical (unpaired) electrons. The predicted molar refractivity (Wildman–Crippen MR) is 123 cm³/mol. The molecule has 1 fully saturated rings. The number of hydrogen-bond donors (Lipinski definition) is 0. The van der Waals surface area contributed by atoms with Crippen molar-refractivity contribution in [3.8, 4) is 5.75 Å². The summed E-state index contributed by atoms with van der Waals surface area (Å²) < 4.78 is 11.9. The van der Waals surface area contributed by atoms with Gasteiger partial charge in [-0.3, -0.25) is 14.5 Å². The highest BCUT2D eigenvalue weighted by molar-refractivity contribution is 7.15. The molecule has 1 aromatic carbocycles. The zero-order valence-electron chi connectivity index (χ0n) is 18.9. The van der Waals surface area contributed by atoms with Gasteiger partial charge in [0.05, 0.1) is 29.8 Å². The van der Waals surface area contributed by atoms with Crippen molar-refractivity contribution < 1.29 is 19.1 Å². The van der Waals surface area contributed by atoms with Crippen LogP contribution in [0.15, 0.2) is 35.6 Å². The molecule has 1 amide bonds. The summed E-state index contributed by atoms with van der Waals surface area (Å²) in [5, 5.41) is 0.603. The van der Waals surface area contributed by atoms with Gasteiger partial charge in [-0.05, 0) is 63.6 Å². The number of carbonyl (C=O) groups is 2. The molecule has 4 atom stereocenters. The molecule has 0 N–H and O–H groups in total. The molecule has 2 aliphatic heterocycles. The van der Waals surface area contributed by atoms with E-state index in [1.165, 1.54) is 11.3 Å². The maximum absolute atomic E-state index is 13.8. The minimum absolute atomic E-state index is 0.0579. The third-order valence-corrected chi connectivity index (χ3v) is 7.91. The van der Waals surface area contributed by atoms with Gasteiger partial charge in [-0.25, -0.2) is 4.98 Å². The van der Waals surface area contributed by atoms with E-state index in [9.17, 15) is 9.59 Å². The smallest absolute Gasteiger partial charge is 0.296 e. The molecule has 3 heterocycles. The summed E-state index contributed by atoms with van der Waals surface area (Å²) in [4.78, 5) is 34.8. The second-order valence-corrected chi connectivity index (χ2v) is 10.2. The molecule has 7 heteroatoms. The molecule has 3 aliphatic rings. The Labute approximate surface area is 192 Å². The van der Waals surface area contributed by atoms with Gasteiger partial charge in [0.1, 0.15) is 11.9 Å². The highest BCUT2D eigenvalue weighted by Gasteiger charge is 2.53. The van der Waals surface area contributed by atoms with Crippen LogP contribution in [0.2, 0.25) is 0 Å². The Morgan fingerprint density at radius 1 is 1.19 bits per heavy atom. The van der Waals surface area contributed by atoms with Crippen LogP contribution in [0.5, 0.6) is 5.75 Å². The molecule has 4 unspecified atom stereocenters. The number of nitrogens with zero attached hydrogens (tertiary/aromatic N) is 2. The van der Waals surface area contributed by atoms with Crippen molar-refractivity contribution in [1.29, 1.82) is 0 Å². The number of ketones is 1. The molecular weight excluding hydrogens is 424 g/mol. The van der Waals surface area contributed by atoms with Gasteiger partial charge >= 0.3 is 0 Å². The van der Waals surface area contributed by atoms with Crippen LogP contribution in [-0.2, 0) is 14.3 Å². The Balaban J connectivity index is 1.61. The van der Waals surface area contributed by atoms with Crippen LogP contribution in [0.1, 0.15) is 55.3 Å². The topological polar surface area (TPSA) is 68.7 Å². The zero-order chi connectivity index (χ0) is 22.6. The average Bonchev–Trinajstić information content (AvgIpc) is 3.26. The molecule has 1 aromatic heterocycles. The molecule has 168 valence electrons. The van der Waals surface area contributed by atoms with Crippen molar-refractivity contribution in [3.63, 3.8) is 0 Å². The Bertz CT molecular complexity index is 1080. The van der Waals surface area contributed by atoms with Crippen LogP contribution >= 0.6 is 11.3 Å². The number of carbonyl (C=O) groups excluding carboxylic acids is 2. The predicted octanol–water partition coefficient (Wildman–Crippen LogP) is 4.90. The van der Waals surface area contributed by atoms with Crippen LogP contribution in [0, 0.1) is 25.7 Å². The van der Waals surface area contributed by atoms with Gasteiger partial charge in [0.15, 0.2) is 16.7 Å². The number of fused-ring (bicyclic) bond motifs is 1. The van der Waals surface area contributed by atoms with Crippen molar-refractivity contribution >= 4 is 28.2 Å². The molecule has 0 bridgehead atoms. The Morgan fingerprint density at radius 2 is 1.94 bits per heavy atom. The van der Waals surface area contributed by atoms with Crippen LogP contribution in [0.4, 0.5) is 5.13 Å². The summed E-state index contributed by atoms with van der Waals surface area (Å²) in [5.74, 6) is 1.06. The lowest BCUT2D eigenvalue weighted by molar-refractivity contribution is -0.132. The van der Waals surface area contributed by atoms with Crippen molar-refractivity contribution in [2.24, 2.45) is 11.8 Å². The number of aryl methyl sites for hydroxylation is 2. The van der Waals surface area contributed by atoms with Gasteiger partial charge in [-0.2, -0.15) is 0 Å². The highest BCUT2D eigenvalue weighted by atomic mass is 32.1. The normalized spacial score (nSPS) is 27.3. The molecular formula is C25H28N2O4S. The van der Waals surface area contributed by atoms with E-state index in [4.69, 9.17) is 9.47 Å². The number of rotatable bonds is 4. The number of amides is 1. The molecule has 6 nitrogen and oxygen atoms in total. The minimum atomic E-state index is -0.538. The number of ether oxygens (including phenoxy) is 2. The van der Waals surface area contributed by atoms with Crippen molar-refractivity contribution in [2.75, 3.05) is 11.5 Å². The van der Waals surface area contributed by atoms with Crippen LogP contribution in [0.3, 0.4) is 0 Å². The summed E-state index contributed by atoms with van der Waals surface area (Å²) >= 11 is 1.47. The van der Waals surface area contributed by atoms with Gasteiger partial charge < -0.3 is 9.47 Å². The zero-order valence-corrected chi connectivity index (χ0v) is 19.7. The van der Waals surface area contributed by atoms with Gasteiger partial charge in [0.25, 0.3) is 5.91 Å². The minimum Gasteiger partial charge on any atom is -0.494 e. The Hall–Kier alpha value is -2.67. The third-order valence-electron chi connectivity index (χ3n) is 6.84. The maximum Gasteiger partial charge on any atom is 0.296 e. The Kier molecular flexibility index (Phi) is 5.32. The van der Waals surface area contributed by atoms with E-state index in [2.05, 4.69) is 11.9 Å². The van der Waals surface area contributed by atoms with Gasteiger partial charge in [0.2, 0.25) is 0 Å². The number of hydrogen-bond acceptors (Lipinski definition) is 6. The monoisotopic (exact) mass is 452 g/mol. The number of benzene rings is 1. The molecule has 1 aliphatic carbocycles. The first-order chi connectivity index (χ1) is 15.4. The number of anilines is 1. The summed E-state index contributed by atoms with van der Waals surface area (Å²) in [6.45, 7) is 8.63. The first-order valence-corrected chi connectivity index (χ1v) is 12.2. The molecule has 1 saturated carbocycles. The van der Waals surface area contributed by atoms with E-state index in [-0.39, 0.29) is 29.5 Å². The summed E-state index contributed by atoms with van der Waals surface area (Å²) in [6, 6.07) is 7.10. The fraction of sp³-hybridized carbons (Fsp3) is 0.480. The second-order valence-electron chi connectivity index (χ2n) is 9.01. The van der Waals surface area contributed by atoms with E-state index >= 15 is 0 Å².